The maximum absolute atomic E-state index is 12.8. The molecule has 3 aromatic heterocycles. The number of aromatic nitrogens is 4. The second kappa shape index (κ2) is 7.62. The van der Waals surface area contributed by atoms with Crippen LogP contribution in [-0.2, 0) is 17.9 Å². The second-order valence-electron chi connectivity index (χ2n) is 6.55. The zero-order valence-corrected chi connectivity index (χ0v) is 15.8. The molecule has 0 aliphatic rings. The fraction of sp³-hybridized carbons (Fsp3) is 0.158. The lowest BCUT2D eigenvalue weighted by Crippen LogP contribution is -2.33. The van der Waals surface area contributed by atoms with E-state index in [1.165, 1.54) is 45.1 Å². The third kappa shape index (κ3) is 3.43. The number of para-hydroxylation sites is 2. The van der Waals surface area contributed by atoms with Crippen molar-refractivity contribution in [3.05, 3.63) is 81.4 Å². The van der Waals surface area contributed by atoms with Crippen molar-refractivity contribution in [1.82, 2.24) is 24.2 Å². The van der Waals surface area contributed by atoms with Crippen molar-refractivity contribution in [1.29, 1.82) is 0 Å². The van der Waals surface area contributed by atoms with Gasteiger partial charge in [0, 0.05) is 13.1 Å². The van der Waals surface area contributed by atoms with Gasteiger partial charge in [0.2, 0.25) is 5.91 Å². The molecule has 0 saturated carbocycles. The van der Waals surface area contributed by atoms with Crippen LogP contribution in [0.25, 0.3) is 16.7 Å². The van der Waals surface area contributed by atoms with E-state index in [4.69, 9.17) is 4.42 Å². The van der Waals surface area contributed by atoms with Crippen LogP contribution in [0.5, 0.6) is 0 Å². The quantitative estimate of drug-likeness (QED) is 0.351. The highest BCUT2D eigenvalue weighted by atomic mass is 16.6. The molecule has 0 N–H and O–H groups in total. The summed E-state index contributed by atoms with van der Waals surface area (Å²) in [4.78, 5) is 41.7. The first-order valence-electron chi connectivity index (χ1n) is 8.89. The van der Waals surface area contributed by atoms with E-state index in [0.717, 1.165) is 0 Å². The van der Waals surface area contributed by atoms with E-state index in [2.05, 4.69) is 10.1 Å². The first-order chi connectivity index (χ1) is 14.5. The van der Waals surface area contributed by atoms with E-state index in [9.17, 15) is 19.7 Å². The summed E-state index contributed by atoms with van der Waals surface area (Å²) < 4.78 is 7.64. The van der Waals surface area contributed by atoms with Crippen molar-refractivity contribution < 1.29 is 14.1 Å². The Balaban J connectivity index is 1.64. The van der Waals surface area contributed by atoms with E-state index in [1.54, 1.807) is 31.3 Å². The van der Waals surface area contributed by atoms with Crippen molar-refractivity contribution in [3.8, 4) is 5.69 Å². The molecule has 11 heteroatoms. The summed E-state index contributed by atoms with van der Waals surface area (Å²) in [6.07, 6.45) is 4.04. The Hall–Kier alpha value is -4.28. The molecule has 152 valence electrons. The van der Waals surface area contributed by atoms with E-state index in [1.807, 2.05) is 0 Å². The number of hydrogen-bond donors (Lipinski definition) is 0. The Morgan fingerprint density at radius 2 is 2.07 bits per heavy atom. The molecule has 0 bridgehead atoms. The Morgan fingerprint density at radius 1 is 1.27 bits per heavy atom. The number of hydrogen-bond acceptors (Lipinski definition) is 7. The normalized spacial score (nSPS) is 11.0. The molecule has 0 atom stereocenters. The number of benzene rings is 1. The van der Waals surface area contributed by atoms with Gasteiger partial charge in [0.25, 0.3) is 11.2 Å². The van der Waals surface area contributed by atoms with Gasteiger partial charge in [-0.2, -0.15) is 5.10 Å². The minimum absolute atomic E-state index is 0.150. The summed E-state index contributed by atoms with van der Waals surface area (Å²) in [7, 11) is 1.61. The molecule has 0 aliphatic carbocycles. The lowest BCUT2D eigenvalue weighted by atomic mass is 10.2. The van der Waals surface area contributed by atoms with Gasteiger partial charge in [-0.3, -0.25) is 24.3 Å². The molecule has 3 heterocycles. The highest BCUT2D eigenvalue weighted by Gasteiger charge is 2.20. The van der Waals surface area contributed by atoms with Crippen LogP contribution in [0.3, 0.4) is 0 Å². The smallest absolute Gasteiger partial charge is 0.294 e. The highest BCUT2D eigenvalue weighted by Crippen LogP contribution is 2.23. The third-order valence-electron chi connectivity index (χ3n) is 4.57. The average Bonchev–Trinajstić information content (AvgIpc) is 3.40. The number of likely N-dealkylation sites (N-methyl/N-ethyl adjacent to an activating group) is 1. The number of furan rings is 1. The molecular weight excluding hydrogens is 392 g/mol. The van der Waals surface area contributed by atoms with Gasteiger partial charge in [0.15, 0.2) is 5.65 Å². The number of carbonyl (C=O) groups excluding carboxylic acids is 1. The van der Waals surface area contributed by atoms with Crippen LogP contribution >= 0.6 is 0 Å². The van der Waals surface area contributed by atoms with Gasteiger partial charge in [-0.05, 0) is 18.2 Å². The van der Waals surface area contributed by atoms with Gasteiger partial charge in [-0.25, -0.2) is 9.67 Å². The van der Waals surface area contributed by atoms with Crippen LogP contribution in [0.15, 0.2) is 64.4 Å². The molecule has 0 saturated heterocycles. The van der Waals surface area contributed by atoms with Crippen molar-refractivity contribution in [3.63, 3.8) is 0 Å². The summed E-state index contributed by atoms with van der Waals surface area (Å²) in [5.74, 6) is 0.318. The Kier molecular flexibility index (Phi) is 4.84. The second-order valence-corrected chi connectivity index (χ2v) is 6.55. The molecule has 0 radical (unpaired) electrons. The number of carbonyl (C=O) groups is 1. The summed E-state index contributed by atoms with van der Waals surface area (Å²) in [6, 6.07) is 9.51. The van der Waals surface area contributed by atoms with Gasteiger partial charge < -0.3 is 9.32 Å². The Labute approximate surface area is 168 Å². The Bertz CT molecular complexity index is 1290. The molecule has 4 rings (SSSR count). The number of nitro groups is 1. The fourth-order valence-electron chi connectivity index (χ4n) is 3.03. The molecule has 4 aromatic rings. The van der Waals surface area contributed by atoms with Crippen LogP contribution in [0.4, 0.5) is 5.69 Å². The highest BCUT2D eigenvalue weighted by molar-refractivity contribution is 5.78. The SMILES string of the molecule is CN(Cc1ccco1)C(=O)Cn1cnc2c(cnn2-c2ccccc2[N+](=O)[O-])c1=O. The molecule has 0 spiro atoms. The van der Waals surface area contributed by atoms with Crippen LogP contribution in [0.1, 0.15) is 5.76 Å². The summed E-state index contributed by atoms with van der Waals surface area (Å²) in [5, 5.41) is 15.6. The van der Waals surface area contributed by atoms with E-state index in [0.29, 0.717) is 5.76 Å². The van der Waals surface area contributed by atoms with E-state index < -0.39 is 10.5 Å². The minimum atomic E-state index is -0.530. The van der Waals surface area contributed by atoms with E-state index in [-0.39, 0.29) is 41.4 Å². The van der Waals surface area contributed by atoms with Crippen molar-refractivity contribution in [2.45, 2.75) is 13.1 Å². The average molecular weight is 408 g/mol. The molecule has 0 fully saturated rings. The van der Waals surface area contributed by atoms with Gasteiger partial charge in [0.05, 0.1) is 23.9 Å². The van der Waals surface area contributed by atoms with Gasteiger partial charge in [-0.15, -0.1) is 0 Å². The van der Waals surface area contributed by atoms with Crippen molar-refractivity contribution in [2.24, 2.45) is 0 Å². The minimum Gasteiger partial charge on any atom is -0.467 e. The zero-order chi connectivity index (χ0) is 21.3. The van der Waals surface area contributed by atoms with E-state index >= 15 is 0 Å². The summed E-state index contributed by atoms with van der Waals surface area (Å²) in [5.41, 5.74) is -0.272. The van der Waals surface area contributed by atoms with Crippen LogP contribution in [0.2, 0.25) is 0 Å². The molecule has 1 aromatic carbocycles. The van der Waals surface area contributed by atoms with Crippen LogP contribution < -0.4 is 5.56 Å². The number of amides is 1. The number of fused-ring (bicyclic) bond motifs is 1. The predicted octanol–water partition coefficient (Wildman–Crippen LogP) is 1.74. The topological polar surface area (TPSA) is 129 Å². The molecule has 0 unspecified atom stereocenters. The van der Waals surface area contributed by atoms with Crippen molar-refractivity contribution >= 4 is 22.6 Å². The predicted molar refractivity (Wildman–Crippen MR) is 105 cm³/mol. The van der Waals surface area contributed by atoms with Gasteiger partial charge in [0.1, 0.15) is 29.7 Å². The lowest BCUT2D eigenvalue weighted by Gasteiger charge is -2.16. The lowest BCUT2D eigenvalue weighted by molar-refractivity contribution is -0.384. The molecule has 30 heavy (non-hydrogen) atoms. The first kappa shape index (κ1) is 19.1. The molecule has 1 amide bonds. The first-order valence-corrected chi connectivity index (χ1v) is 8.89. The standard InChI is InChI=1S/C19H16N6O5/c1-22(10-13-5-4-8-30-13)17(26)11-23-12-20-18-14(19(23)27)9-21-24(18)15-6-2-3-7-16(15)25(28)29/h2-9,12H,10-11H2,1H3. The van der Waals surface area contributed by atoms with Crippen LogP contribution in [0, 0.1) is 10.1 Å². The summed E-state index contributed by atoms with van der Waals surface area (Å²) >= 11 is 0. The van der Waals surface area contributed by atoms with Crippen molar-refractivity contribution in [2.75, 3.05) is 7.05 Å². The van der Waals surface area contributed by atoms with Gasteiger partial charge >= 0.3 is 0 Å². The fourth-order valence-corrected chi connectivity index (χ4v) is 3.03. The zero-order valence-electron chi connectivity index (χ0n) is 15.8. The monoisotopic (exact) mass is 408 g/mol. The third-order valence-corrected chi connectivity index (χ3v) is 4.57. The maximum atomic E-state index is 12.8. The largest absolute Gasteiger partial charge is 0.467 e. The van der Waals surface area contributed by atoms with Gasteiger partial charge in [-0.1, -0.05) is 12.1 Å². The maximum Gasteiger partial charge on any atom is 0.294 e. The number of nitro benzene ring substituents is 1. The Morgan fingerprint density at radius 3 is 2.80 bits per heavy atom. The number of rotatable bonds is 6. The van der Waals surface area contributed by atoms with Crippen LogP contribution in [-0.4, -0.2) is 42.1 Å². The summed E-state index contributed by atoms with van der Waals surface area (Å²) in [6.45, 7) is 0.0571. The molecular formula is C19H16N6O5. The number of nitrogens with zero attached hydrogens (tertiary/aromatic N) is 6. The molecule has 0 aliphatic heterocycles. The molecule has 11 nitrogen and oxygen atoms in total.